The highest BCUT2D eigenvalue weighted by Gasteiger charge is 2.44. The molecule has 2 N–H and O–H groups in total. The second kappa shape index (κ2) is 17.2. The van der Waals surface area contributed by atoms with Crippen LogP contribution in [0.3, 0.4) is 0 Å². The van der Waals surface area contributed by atoms with Crippen molar-refractivity contribution in [2.24, 2.45) is 0 Å². The number of nitrogens with one attached hydrogen (secondary N) is 2. The predicted octanol–water partition coefficient (Wildman–Crippen LogP) is 7.08. The standard InChI is InChI=1S/C38H57N3O6S/c1-13-38(10,11)41(33(43)29(21-22-48-12)40-35(45)47-37(7,8)9)31(28-20-19-25(2)26(3)23-28)32(42)39-30(34(44)46-36(4,5)6)24-27-17-15-14-16-18-27/h14-20,23,29-31H,13,21-22,24H2,1-12H3,(H,39,42)(H,40,45). The topological polar surface area (TPSA) is 114 Å². The summed E-state index contributed by atoms with van der Waals surface area (Å²) in [4.78, 5) is 57.7. The Labute approximate surface area is 292 Å². The van der Waals surface area contributed by atoms with Gasteiger partial charge >= 0.3 is 12.1 Å². The molecule has 0 spiro atoms. The van der Waals surface area contributed by atoms with Crippen LogP contribution in [0.2, 0.25) is 0 Å². The van der Waals surface area contributed by atoms with E-state index in [2.05, 4.69) is 10.6 Å². The second-order valence-electron chi connectivity index (χ2n) is 14.9. The lowest BCUT2D eigenvalue weighted by molar-refractivity contribution is -0.159. The van der Waals surface area contributed by atoms with Gasteiger partial charge in [0.05, 0.1) is 0 Å². The molecule has 3 amide bonds. The highest BCUT2D eigenvalue weighted by molar-refractivity contribution is 7.98. The number of alkyl carbamates (subject to hydrolysis) is 1. The third kappa shape index (κ3) is 12.5. The van der Waals surface area contributed by atoms with Crippen LogP contribution in [0, 0.1) is 13.8 Å². The molecular weight excluding hydrogens is 627 g/mol. The van der Waals surface area contributed by atoms with E-state index in [0.717, 1.165) is 16.7 Å². The van der Waals surface area contributed by atoms with Gasteiger partial charge in [0.1, 0.15) is 29.3 Å². The minimum absolute atomic E-state index is 0.197. The fourth-order valence-corrected chi connectivity index (χ4v) is 5.55. The van der Waals surface area contributed by atoms with Gasteiger partial charge in [-0.3, -0.25) is 9.59 Å². The molecule has 0 bridgehead atoms. The van der Waals surface area contributed by atoms with Crippen molar-refractivity contribution in [2.75, 3.05) is 12.0 Å². The predicted molar refractivity (Wildman–Crippen MR) is 194 cm³/mol. The molecule has 48 heavy (non-hydrogen) atoms. The van der Waals surface area contributed by atoms with Crippen molar-refractivity contribution in [3.63, 3.8) is 0 Å². The van der Waals surface area contributed by atoms with E-state index in [9.17, 15) is 19.2 Å². The summed E-state index contributed by atoms with van der Waals surface area (Å²) < 4.78 is 11.3. The number of esters is 1. The highest BCUT2D eigenvalue weighted by Crippen LogP contribution is 2.34. The van der Waals surface area contributed by atoms with Gasteiger partial charge in [-0.15, -0.1) is 0 Å². The van der Waals surface area contributed by atoms with Gasteiger partial charge in [-0.1, -0.05) is 55.5 Å². The number of nitrogens with zero attached hydrogens (tertiary/aromatic N) is 1. The van der Waals surface area contributed by atoms with Crippen LogP contribution in [0.1, 0.15) is 103 Å². The largest absolute Gasteiger partial charge is 0.458 e. The maximum Gasteiger partial charge on any atom is 0.408 e. The molecule has 0 aliphatic rings. The molecule has 0 heterocycles. The fourth-order valence-electron chi connectivity index (χ4n) is 5.08. The molecule has 9 nitrogen and oxygen atoms in total. The van der Waals surface area contributed by atoms with E-state index in [-0.39, 0.29) is 6.42 Å². The van der Waals surface area contributed by atoms with Gasteiger partial charge in [-0.05, 0) is 116 Å². The van der Waals surface area contributed by atoms with Crippen molar-refractivity contribution >= 4 is 35.6 Å². The zero-order valence-corrected chi connectivity index (χ0v) is 31.8. The lowest BCUT2D eigenvalue weighted by atomic mass is 9.90. The molecule has 10 heteroatoms. The molecule has 2 aromatic rings. The summed E-state index contributed by atoms with van der Waals surface area (Å²) >= 11 is 1.55. The average Bonchev–Trinajstić information content (AvgIpc) is 2.97. The Hall–Kier alpha value is -3.53. The monoisotopic (exact) mass is 683 g/mol. The lowest BCUT2D eigenvalue weighted by Crippen LogP contribution is -2.60. The van der Waals surface area contributed by atoms with E-state index in [1.807, 2.05) is 89.4 Å². The van der Waals surface area contributed by atoms with Gasteiger partial charge in [0.25, 0.3) is 0 Å². The average molecular weight is 684 g/mol. The van der Waals surface area contributed by atoms with E-state index < -0.39 is 58.7 Å². The highest BCUT2D eigenvalue weighted by atomic mass is 32.2. The number of carbonyl (C=O) groups excluding carboxylic acids is 4. The van der Waals surface area contributed by atoms with Crippen LogP contribution in [-0.4, -0.2) is 69.6 Å². The van der Waals surface area contributed by atoms with Crippen molar-refractivity contribution in [1.82, 2.24) is 15.5 Å². The van der Waals surface area contributed by atoms with E-state index >= 15 is 0 Å². The van der Waals surface area contributed by atoms with E-state index in [4.69, 9.17) is 9.47 Å². The zero-order chi connectivity index (χ0) is 36.4. The van der Waals surface area contributed by atoms with Gasteiger partial charge in [0.15, 0.2) is 0 Å². The molecule has 0 aromatic heterocycles. The molecule has 0 radical (unpaired) electrons. The molecule has 0 aliphatic heterocycles. The Bertz CT molecular complexity index is 1400. The van der Waals surface area contributed by atoms with Crippen LogP contribution in [0.5, 0.6) is 0 Å². The first kappa shape index (κ1) is 40.6. The number of hydrogen-bond acceptors (Lipinski definition) is 7. The van der Waals surface area contributed by atoms with E-state index in [1.165, 1.54) is 0 Å². The van der Waals surface area contributed by atoms with Crippen LogP contribution in [-0.2, 0) is 30.3 Å². The third-order valence-corrected chi connectivity index (χ3v) is 8.64. The zero-order valence-electron chi connectivity index (χ0n) is 31.0. The van der Waals surface area contributed by atoms with Crippen LogP contribution >= 0.6 is 11.8 Å². The number of thioether (sulfide) groups is 1. The van der Waals surface area contributed by atoms with Crippen LogP contribution in [0.25, 0.3) is 0 Å². The minimum atomic E-state index is -1.13. The molecular formula is C38H57N3O6S. The summed E-state index contributed by atoms with van der Waals surface area (Å²) in [6, 6.07) is 12.0. The first-order valence-electron chi connectivity index (χ1n) is 16.6. The fraction of sp³-hybridized carbons (Fsp3) is 0.579. The van der Waals surface area contributed by atoms with Crippen molar-refractivity contribution < 1.29 is 28.7 Å². The summed E-state index contributed by atoms with van der Waals surface area (Å²) in [5.74, 6) is -0.932. The maximum absolute atomic E-state index is 14.8. The Morgan fingerprint density at radius 3 is 1.94 bits per heavy atom. The number of carbonyl (C=O) groups is 4. The van der Waals surface area contributed by atoms with Crippen molar-refractivity contribution in [2.45, 2.75) is 130 Å². The Morgan fingerprint density at radius 2 is 1.42 bits per heavy atom. The molecule has 0 fully saturated rings. The van der Waals surface area contributed by atoms with Gasteiger partial charge < -0.3 is 25.0 Å². The van der Waals surface area contributed by atoms with Crippen LogP contribution < -0.4 is 10.6 Å². The molecule has 0 aliphatic carbocycles. The first-order valence-corrected chi connectivity index (χ1v) is 18.0. The number of hydrogen-bond donors (Lipinski definition) is 2. The number of ether oxygens (including phenoxy) is 2. The molecule has 3 unspecified atom stereocenters. The Balaban J connectivity index is 2.73. The van der Waals surface area contributed by atoms with Crippen LogP contribution in [0.4, 0.5) is 4.79 Å². The molecule has 0 saturated carbocycles. The van der Waals surface area contributed by atoms with Crippen molar-refractivity contribution in [3.8, 4) is 0 Å². The van der Waals surface area contributed by atoms with Crippen molar-refractivity contribution in [3.05, 3.63) is 70.8 Å². The maximum atomic E-state index is 14.8. The number of aryl methyl sites for hydroxylation is 2. The quantitative estimate of drug-likeness (QED) is 0.205. The number of amides is 3. The first-order chi connectivity index (χ1) is 22.2. The number of rotatable bonds is 14. The summed E-state index contributed by atoms with van der Waals surface area (Å²) in [6.45, 7) is 20.3. The van der Waals surface area contributed by atoms with Gasteiger partial charge in [-0.25, -0.2) is 9.59 Å². The Kier molecular flexibility index (Phi) is 14.6. The SMILES string of the molecule is CCC(C)(C)N(C(=O)C(CCSC)NC(=O)OC(C)(C)C)C(C(=O)NC(Cc1ccccc1)C(=O)OC(C)(C)C)c1ccc(C)c(C)c1. The molecule has 266 valence electrons. The van der Waals surface area contributed by atoms with E-state index in [1.54, 1.807) is 58.2 Å². The third-order valence-electron chi connectivity index (χ3n) is 8.00. The molecule has 0 saturated heterocycles. The molecule has 3 atom stereocenters. The van der Waals surface area contributed by atoms with E-state index in [0.29, 0.717) is 24.2 Å². The smallest absolute Gasteiger partial charge is 0.408 e. The minimum Gasteiger partial charge on any atom is -0.458 e. The van der Waals surface area contributed by atoms with Crippen LogP contribution in [0.15, 0.2) is 48.5 Å². The normalized spacial score (nSPS) is 13.9. The molecule has 2 rings (SSSR count). The second-order valence-corrected chi connectivity index (χ2v) is 15.9. The van der Waals surface area contributed by atoms with Gasteiger partial charge in [0.2, 0.25) is 11.8 Å². The van der Waals surface area contributed by atoms with Gasteiger partial charge in [-0.2, -0.15) is 11.8 Å². The summed E-state index contributed by atoms with van der Waals surface area (Å²) in [5.41, 5.74) is 1.03. The molecule has 2 aromatic carbocycles. The van der Waals surface area contributed by atoms with Gasteiger partial charge in [0, 0.05) is 12.0 Å². The summed E-state index contributed by atoms with van der Waals surface area (Å²) in [7, 11) is 0. The summed E-state index contributed by atoms with van der Waals surface area (Å²) in [5, 5.41) is 5.78. The number of benzene rings is 2. The van der Waals surface area contributed by atoms with Crippen molar-refractivity contribution in [1.29, 1.82) is 0 Å². The summed E-state index contributed by atoms with van der Waals surface area (Å²) in [6.07, 6.45) is 2.25. The lowest BCUT2D eigenvalue weighted by Gasteiger charge is -2.45. The Morgan fingerprint density at radius 1 is 0.812 bits per heavy atom.